The second-order valence-corrected chi connectivity index (χ2v) is 7.09. The fourth-order valence-corrected chi connectivity index (χ4v) is 3.66. The molecule has 2 aromatic rings. The summed E-state index contributed by atoms with van der Waals surface area (Å²) in [5.41, 5.74) is 1.28. The number of aliphatic hydroxyl groups is 1. The first kappa shape index (κ1) is 17.2. The first-order chi connectivity index (χ1) is 12.8. The fraction of sp³-hybridized carbons (Fsp3) is 0.526. The van der Waals surface area contributed by atoms with Gasteiger partial charge in [0.1, 0.15) is 18.0 Å². The molecule has 2 aromatic heterocycles. The van der Waals surface area contributed by atoms with Gasteiger partial charge in [-0.25, -0.2) is 9.97 Å². The second kappa shape index (κ2) is 7.97. The third-order valence-electron chi connectivity index (χ3n) is 5.22. The molecule has 0 amide bonds. The fourth-order valence-electron chi connectivity index (χ4n) is 3.66. The molecule has 0 radical (unpaired) electrons. The average Bonchev–Trinajstić information content (AvgIpc) is 3.10. The Morgan fingerprint density at radius 3 is 2.77 bits per heavy atom. The van der Waals surface area contributed by atoms with E-state index in [-0.39, 0.29) is 12.1 Å². The van der Waals surface area contributed by atoms with Gasteiger partial charge >= 0.3 is 0 Å². The van der Waals surface area contributed by atoms with Crippen LogP contribution < -0.4 is 10.2 Å². The van der Waals surface area contributed by atoms with Crippen LogP contribution >= 0.6 is 0 Å². The summed E-state index contributed by atoms with van der Waals surface area (Å²) in [7, 11) is 0. The maximum absolute atomic E-state index is 9.68. The highest BCUT2D eigenvalue weighted by molar-refractivity contribution is 5.49. The van der Waals surface area contributed by atoms with E-state index in [0.29, 0.717) is 12.5 Å². The largest absolute Gasteiger partial charge is 0.393 e. The molecule has 26 heavy (non-hydrogen) atoms. The third-order valence-corrected chi connectivity index (χ3v) is 5.22. The summed E-state index contributed by atoms with van der Waals surface area (Å²) in [4.78, 5) is 15.1. The summed E-state index contributed by atoms with van der Waals surface area (Å²) >= 11 is 0. The monoisotopic (exact) mass is 355 g/mol. The van der Waals surface area contributed by atoms with Crippen molar-refractivity contribution in [3.8, 4) is 0 Å². The predicted octanol–water partition coefficient (Wildman–Crippen LogP) is 1.50. The van der Waals surface area contributed by atoms with Gasteiger partial charge in [0.15, 0.2) is 0 Å². The van der Waals surface area contributed by atoms with E-state index in [1.807, 2.05) is 18.5 Å². The number of aliphatic hydroxyl groups excluding tert-OH is 1. The van der Waals surface area contributed by atoms with E-state index in [1.165, 1.54) is 5.56 Å². The van der Waals surface area contributed by atoms with E-state index in [4.69, 9.17) is 4.74 Å². The van der Waals surface area contributed by atoms with Gasteiger partial charge in [0.2, 0.25) is 0 Å². The minimum atomic E-state index is -0.185. The highest BCUT2D eigenvalue weighted by Crippen LogP contribution is 2.24. The van der Waals surface area contributed by atoms with Crippen LogP contribution in [-0.2, 0) is 11.2 Å². The lowest BCUT2D eigenvalue weighted by Crippen LogP contribution is -2.36. The molecule has 7 nitrogen and oxygen atoms in total. The molecule has 2 aliphatic rings. The molecule has 2 N–H and O–H groups in total. The minimum absolute atomic E-state index is 0.185. The number of hydrogen-bond acceptors (Lipinski definition) is 7. The maximum Gasteiger partial charge on any atom is 0.134 e. The highest BCUT2D eigenvalue weighted by atomic mass is 16.5. The van der Waals surface area contributed by atoms with Gasteiger partial charge in [-0.3, -0.25) is 4.98 Å². The van der Waals surface area contributed by atoms with Crippen molar-refractivity contribution in [3.63, 3.8) is 0 Å². The Labute approximate surface area is 153 Å². The van der Waals surface area contributed by atoms with E-state index < -0.39 is 0 Å². The molecule has 4 heterocycles. The number of hydrogen-bond donors (Lipinski definition) is 2. The van der Waals surface area contributed by atoms with E-state index in [2.05, 4.69) is 37.3 Å². The van der Waals surface area contributed by atoms with Gasteiger partial charge in [-0.05, 0) is 37.0 Å². The summed E-state index contributed by atoms with van der Waals surface area (Å²) < 4.78 is 5.71. The van der Waals surface area contributed by atoms with Crippen molar-refractivity contribution in [1.29, 1.82) is 0 Å². The third kappa shape index (κ3) is 4.11. The number of nitrogens with zero attached hydrogens (tertiary/aromatic N) is 4. The predicted molar refractivity (Wildman–Crippen MR) is 99.1 cm³/mol. The topological polar surface area (TPSA) is 83.4 Å². The maximum atomic E-state index is 9.68. The quantitative estimate of drug-likeness (QED) is 0.841. The van der Waals surface area contributed by atoms with Crippen LogP contribution in [0.1, 0.15) is 18.4 Å². The average molecular weight is 355 g/mol. The van der Waals surface area contributed by atoms with Gasteiger partial charge in [-0.1, -0.05) is 0 Å². The van der Waals surface area contributed by atoms with Gasteiger partial charge in [0.05, 0.1) is 25.4 Å². The van der Waals surface area contributed by atoms with E-state index >= 15 is 0 Å². The zero-order valence-corrected chi connectivity index (χ0v) is 14.8. The molecule has 4 rings (SSSR count). The lowest BCUT2D eigenvalue weighted by atomic mass is 9.95. The van der Waals surface area contributed by atoms with Crippen LogP contribution in [0.15, 0.2) is 36.9 Å². The first-order valence-corrected chi connectivity index (χ1v) is 9.26. The summed E-state index contributed by atoms with van der Waals surface area (Å²) in [6, 6.07) is 6.35. The second-order valence-electron chi connectivity index (χ2n) is 7.09. The molecular weight excluding hydrogens is 330 g/mol. The lowest BCUT2D eigenvalue weighted by Gasteiger charge is -2.30. The molecule has 0 aliphatic carbocycles. The van der Waals surface area contributed by atoms with Crippen molar-refractivity contribution in [1.82, 2.24) is 15.0 Å². The summed E-state index contributed by atoms with van der Waals surface area (Å²) in [5, 5.41) is 13.2. The van der Waals surface area contributed by atoms with Crippen LogP contribution in [-0.4, -0.2) is 58.5 Å². The lowest BCUT2D eigenvalue weighted by molar-refractivity contribution is 0.145. The minimum Gasteiger partial charge on any atom is -0.393 e. The molecule has 0 unspecified atom stereocenters. The van der Waals surface area contributed by atoms with Crippen molar-refractivity contribution < 1.29 is 9.84 Å². The molecule has 2 saturated heterocycles. The molecule has 0 aromatic carbocycles. The van der Waals surface area contributed by atoms with Crippen LogP contribution in [0.3, 0.4) is 0 Å². The molecule has 2 aliphatic heterocycles. The van der Waals surface area contributed by atoms with Crippen LogP contribution in [0.4, 0.5) is 11.6 Å². The van der Waals surface area contributed by atoms with Gasteiger partial charge in [0.25, 0.3) is 0 Å². The van der Waals surface area contributed by atoms with E-state index in [9.17, 15) is 5.11 Å². The molecule has 0 spiro atoms. The Hall–Kier alpha value is -2.25. The number of pyridine rings is 1. The van der Waals surface area contributed by atoms with Crippen LogP contribution in [0.25, 0.3) is 0 Å². The summed E-state index contributed by atoms with van der Waals surface area (Å²) in [6.07, 6.45) is 7.63. The van der Waals surface area contributed by atoms with Crippen LogP contribution in [0.5, 0.6) is 0 Å². The number of nitrogens with one attached hydrogen (secondary N) is 1. The normalized spacial score (nSPS) is 24.0. The smallest absolute Gasteiger partial charge is 0.134 e. The van der Waals surface area contributed by atoms with E-state index in [1.54, 1.807) is 6.33 Å². The molecular formula is C19H25N5O2. The SMILES string of the molecule is OC1CCN(c2cc(N[C@H]3COC[C@H]3Cc3ccncc3)ncn2)CC1. The first-order valence-electron chi connectivity index (χ1n) is 9.26. The van der Waals surface area contributed by atoms with Gasteiger partial charge in [-0.15, -0.1) is 0 Å². The van der Waals surface area contributed by atoms with Gasteiger partial charge in [-0.2, -0.15) is 0 Å². The Morgan fingerprint density at radius 2 is 1.96 bits per heavy atom. The number of ether oxygens (including phenoxy) is 1. The molecule has 0 saturated carbocycles. The Bertz CT molecular complexity index is 706. The molecule has 2 atom stereocenters. The standard InChI is InChI=1S/C19H25N5O2/c25-16-3-7-24(8-4-16)19-10-18(21-13-22-19)23-17-12-26-11-15(17)9-14-1-5-20-6-2-14/h1-2,5-6,10,13,15-17,25H,3-4,7-9,11-12H2,(H,21,22,23)/t15-,17+/m1/s1. The van der Waals surface area contributed by atoms with E-state index in [0.717, 1.165) is 50.6 Å². The zero-order valence-electron chi connectivity index (χ0n) is 14.8. The number of rotatable bonds is 5. The van der Waals surface area contributed by atoms with Gasteiger partial charge in [0, 0.05) is 37.5 Å². The molecule has 0 bridgehead atoms. The molecule has 7 heteroatoms. The zero-order chi connectivity index (χ0) is 17.8. The highest BCUT2D eigenvalue weighted by Gasteiger charge is 2.29. The molecule has 138 valence electrons. The van der Waals surface area contributed by atoms with Crippen LogP contribution in [0, 0.1) is 5.92 Å². The summed E-state index contributed by atoms with van der Waals surface area (Å²) in [5.74, 6) is 2.15. The molecule has 2 fully saturated rings. The van der Waals surface area contributed by atoms with Crippen molar-refractivity contribution >= 4 is 11.6 Å². The van der Waals surface area contributed by atoms with Crippen LogP contribution in [0.2, 0.25) is 0 Å². The number of piperidine rings is 1. The van der Waals surface area contributed by atoms with Crippen molar-refractivity contribution in [2.45, 2.75) is 31.4 Å². The number of anilines is 2. The Morgan fingerprint density at radius 1 is 1.15 bits per heavy atom. The summed E-state index contributed by atoms with van der Waals surface area (Å²) in [6.45, 7) is 3.09. The van der Waals surface area contributed by atoms with Crippen molar-refractivity contribution in [3.05, 3.63) is 42.5 Å². The van der Waals surface area contributed by atoms with Crippen molar-refractivity contribution in [2.75, 3.05) is 36.5 Å². The Kier molecular flexibility index (Phi) is 5.26. The van der Waals surface area contributed by atoms with Gasteiger partial charge < -0.3 is 20.1 Å². The Balaban J connectivity index is 1.41. The van der Waals surface area contributed by atoms with Crippen molar-refractivity contribution in [2.24, 2.45) is 5.92 Å². The number of aromatic nitrogens is 3.